The molecule has 0 fully saturated rings. The van der Waals surface area contributed by atoms with Gasteiger partial charge in [0.2, 0.25) is 5.28 Å². The van der Waals surface area contributed by atoms with Crippen LogP contribution >= 0.6 is 23.2 Å². The van der Waals surface area contributed by atoms with E-state index >= 15 is 0 Å². The normalized spacial score (nSPS) is 10.7. The second-order valence-corrected chi connectivity index (χ2v) is 5.40. The van der Waals surface area contributed by atoms with Gasteiger partial charge in [0.25, 0.3) is 5.91 Å². The van der Waals surface area contributed by atoms with Gasteiger partial charge in [0, 0.05) is 18.4 Å². The van der Waals surface area contributed by atoms with E-state index in [1.165, 1.54) is 19.3 Å². The molecule has 122 valence electrons. The van der Waals surface area contributed by atoms with Crippen molar-refractivity contribution >= 4 is 46.3 Å². The standard InChI is InChI=1S/C14H12Cl2F2N4O/c1-7-5-8(22(2)13(23)11(17)18)3-4-10(7)20-12-9(15)6-19-14(16)21-12/h3-6,11H,1-2H3,(H,19,20,21). The van der Waals surface area contributed by atoms with Crippen molar-refractivity contribution in [1.29, 1.82) is 0 Å². The van der Waals surface area contributed by atoms with Gasteiger partial charge in [-0.25, -0.2) is 4.98 Å². The molecule has 0 bridgehead atoms. The molecule has 0 radical (unpaired) electrons. The zero-order valence-corrected chi connectivity index (χ0v) is 13.7. The first-order chi connectivity index (χ1) is 10.8. The number of halogens is 4. The molecule has 2 aromatic rings. The molecule has 0 aliphatic heterocycles. The molecule has 0 saturated heterocycles. The Balaban J connectivity index is 2.26. The van der Waals surface area contributed by atoms with Crippen LogP contribution in [-0.4, -0.2) is 29.3 Å². The van der Waals surface area contributed by atoms with E-state index in [0.717, 1.165) is 4.90 Å². The van der Waals surface area contributed by atoms with Crippen molar-refractivity contribution in [2.24, 2.45) is 0 Å². The number of benzene rings is 1. The molecule has 0 spiro atoms. The van der Waals surface area contributed by atoms with E-state index in [-0.39, 0.29) is 10.3 Å². The number of alkyl halides is 2. The summed E-state index contributed by atoms with van der Waals surface area (Å²) in [5.41, 5.74) is 1.70. The number of amides is 1. The molecule has 0 atom stereocenters. The smallest absolute Gasteiger partial charge is 0.316 e. The van der Waals surface area contributed by atoms with Gasteiger partial charge in [-0.05, 0) is 42.3 Å². The highest BCUT2D eigenvalue weighted by Crippen LogP contribution is 2.28. The molecule has 1 aromatic heterocycles. The van der Waals surface area contributed by atoms with E-state index in [2.05, 4.69) is 15.3 Å². The van der Waals surface area contributed by atoms with E-state index in [0.29, 0.717) is 22.8 Å². The van der Waals surface area contributed by atoms with Crippen LogP contribution in [0.3, 0.4) is 0 Å². The molecule has 5 nitrogen and oxygen atoms in total. The summed E-state index contributed by atoms with van der Waals surface area (Å²) in [5, 5.41) is 3.30. The Bertz CT molecular complexity index is 743. The molecular weight excluding hydrogens is 349 g/mol. The van der Waals surface area contributed by atoms with Gasteiger partial charge in [0.1, 0.15) is 5.02 Å². The van der Waals surface area contributed by atoms with Gasteiger partial charge in [0.05, 0.1) is 6.20 Å². The highest BCUT2D eigenvalue weighted by atomic mass is 35.5. The van der Waals surface area contributed by atoms with Crippen molar-refractivity contribution in [2.75, 3.05) is 17.3 Å². The summed E-state index contributed by atoms with van der Waals surface area (Å²) < 4.78 is 24.9. The molecule has 9 heteroatoms. The third-order valence-electron chi connectivity index (χ3n) is 3.08. The average molecular weight is 361 g/mol. The number of nitrogens with zero attached hydrogens (tertiary/aromatic N) is 3. The maximum Gasteiger partial charge on any atom is 0.316 e. The maximum absolute atomic E-state index is 12.5. The summed E-state index contributed by atoms with van der Waals surface area (Å²) in [7, 11) is 1.29. The van der Waals surface area contributed by atoms with E-state index in [9.17, 15) is 13.6 Å². The molecule has 1 aromatic carbocycles. The van der Waals surface area contributed by atoms with Crippen molar-refractivity contribution in [3.8, 4) is 0 Å². The minimum atomic E-state index is -3.06. The van der Waals surface area contributed by atoms with Crippen molar-refractivity contribution < 1.29 is 13.6 Å². The Kier molecular flexibility index (Phi) is 5.33. The van der Waals surface area contributed by atoms with Crippen LogP contribution in [0.1, 0.15) is 5.56 Å². The first kappa shape index (κ1) is 17.4. The average Bonchev–Trinajstić information content (AvgIpc) is 2.51. The lowest BCUT2D eigenvalue weighted by molar-refractivity contribution is -0.128. The quantitative estimate of drug-likeness (QED) is 0.835. The summed E-state index contributed by atoms with van der Waals surface area (Å²) in [6.45, 7) is 1.75. The molecular formula is C14H12Cl2F2N4O. The van der Waals surface area contributed by atoms with Gasteiger partial charge < -0.3 is 10.2 Å². The number of aromatic nitrogens is 2. The van der Waals surface area contributed by atoms with Crippen molar-refractivity contribution in [1.82, 2.24) is 9.97 Å². The van der Waals surface area contributed by atoms with Crippen LogP contribution in [0.2, 0.25) is 10.3 Å². The number of carbonyl (C=O) groups is 1. The lowest BCUT2D eigenvalue weighted by atomic mass is 10.1. The third-order valence-corrected chi connectivity index (χ3v) is 3.54. The monoisotopic (exact) mass is 360 g/mol. The molecule has 0 aliphatic carbocycles. The third kappa shape index (κ3) is 4.05. The Morgan fingerprint density at radius 3 is 2.65 bits per heavy atom. The SMILES string of the molecule is Cc1cc(N(C)C(=O)C(F)F)ccc1Nc1nc(Cl)ncc1Cl. The first-order valence-electron chi connectivity index (χ1n) is 6.41. The van der Waals surface area contributed by atoms with Gasteiger partial charge >= 0.3 is 6.43 Å². The second kappa shape index (κ2) is 7.06. The van der Waals surface area contributed by atoms with E-state index in [4.69, 9.17) is 23.2 Å². The van der Waals surface area contributed by atoms with Crippen LogP contribution in [0.5, 0.6) is 0 Å². The Labute approximate surface area is 141 Å². The van der Waals surface area contributed by atoms with Crippen molar-refractivity contribution in [2.45, 2.75) is 13.3 Å². The first-order valence-corrected chi connectivity index (χ1v) is 7.16. The fourth-order valence-electron chi connectivity index (χ4n) is 1.83. The lowest BCUT2D eigenvalue weighted by Crippen LogP contribution is -2.31. The highest BCUT2D eigenvalue weighted by Gasteiger charge is 2.21. The molecule has 0 unspecified atom stereocenters. The number of rotatable bonds is 4. The molecule has 1 amide bonds. The zero-order valence-electron chi connectivity index (χ0n) is 12.1. The summed E-state index contributed by atoms with van der Waals surface area (Å²) in [6.07, 6.45) is -1.70. The van der Waals surface area contributed by atoms with Crippen LogP contribution < -0.4 is 10.2 Å². The van der Waals surface area contributed by atoms with E-state index < -0.39 is 12.3 Å². The van der Waals surface area contributed by atoms with Gasteiger partial charge in [-0.2, -0.15) is 13.8 Å². The summed E-state index contributed by atoms with van der Waals surface area (Å²) in [4.78, 5) is 19.9. The van der Waals surface area contributed by atoms with Crippen LogP contribution in [0.25, 0.3) is 0 Å². The van der Waals surface area contributed by atoms with Crippen LogP contribution in [0.4, 0.5) is 26.0 Å². The Morgan fingerprint density at radius 2 is 2.04 bits per heavy atom. The van der Waals surface area contributed by atoms with Crippen molar-refractivity contribution in [3.05, 3.63) is 40.3 Å². The highest BCUT2D eigenvalue weighted by molar-refractivity contribution is 6.33. The Morgan fingerprint density at radius 1 is 1.35 bits per heavy atom. The van der Waals surface area contributed by atoms with Crippen LogP contribution in [0.15, 0.2) is 24.4 Å². The van der Waals surface area contributed by atoms with Gasteiger partial charge in [0.15, 0.2) is 5.82 Å². The summed E-state index contributed by atoms with van der Waals surface area (Å²) in [5.74, 6) is -0.949. The minimum Gasteiger partial charge on any atom is -0.339 e. The molecule has 0 aliphatic rings. The number of aryl methyl sites for hydroxylation is 1. The summed E-state index contributed by atoms with van der Waals surface area (Å²) >= 11 is 11.7. The fourth-order valence-corrected chi connectivity index (χ4v) is 2.10. The van der Waals surface area contributed by atoms with Crippen LogP contribution in [-0.2, 0) is 4.79 Å². The summed E-state index contributed by atoms with van der Waals surface area (Å²) in [6, 6.07) is 4.76. The molecule has 2 rings (SSSR count). The van der Waals surface area contributed by atoms with Gasteiger partial charge in [-0.3, -0.25) is 4.79 Å². The predicted molar refractivity (Wildman–Crippen MR) is 85.9 cm³/mol. The lowest BCUT2D eigenvalue weighted by Gasteiger charge is -2.19. The molecule has 1 N–H and O–H groups in total. The fraction of sp³-hybridized carbons (Fsp3) is 0.214. The number of nitrogens with one attached hydrogen (secondary N) is 1. The minimum absolute atomic E-state index is 0.0356. The topological polar surface area (TPSA) is 58.1 Å². The van der Waals surface area contributed by atoms with Crippen molar-refractivity contribution in [3.63, 3.8) is 0 Å². The second-order valence-electron chi connectivity index (χ2n) is 4.66. The predicted octanol–water partition coefficient (Wildman–Crippen LogP) is 4.06. The zero-order chi connectivity index (χ0) is 17.1. The number of hydrogen-bond donors (Lipinski definition) is 1. The maximum atomic E-state index is 12.5. The number of anilines is 3. The van der Waals surface area contributed by atoms with E-state index in [1.807, 2.05) is 0 Å². The van der Waals surface area contributed by atoms with Gasteiger partial charge in [-0.15, -0.1) is 0 Å². The molecule has 1 heterocycles. The molecule has 23 heavy (non-hydrogen) atoms. The van der Waals surface area contributed by atoms with Crippen LogP contribution in [0, 0.1) is 6.92 Å². The largest absolute Gasteiger partial charge is 0.339 e. The molecule has 0 saturated carbocycles. The number of carbonyl (C=O) groups excluding carboxylic acids is 1. The van der Waals surface area contributed by atoms with E-state index in [1.54, 1.807) is 19.1 Å². The number of hydrogen-bond acceptors (Lipinski definition) is 4. The Hall–Kier alpha value is -1.99. The van der Waals surface area contributed by atoms with Gasteiger partial charge in [-0.1, -0.05) is 11.6 Å².